The lowest BCUT2D eigenvalue weighted by Crippen LogP contribution is -2.23. The first-order valence-corrected chi connectivity index (χ1v) is 9.21. The highest BCUT2D eigenvalue weighted by Crippen LogP contribution is 2.26. The third-order valence-electron chi connectivity index (χ3n) is 3.42. The van der Waals surface area contributed by atoms with Crippen LogP contribution in [0, 0.1) is 6.92 Å². The van der Waals surface area contributed by atoms with Gasteiger partial charge >= 0.3 is 0 Å². The van der Waals surface area contributed by atoms with Gasteiger partial charge < -0.3 is 5.32 Å². The normalized spacial score (nSPS) is 12.0. The van der Waals surface area contributed by atoms with Crippen LogP contribution in [-0.2, 0) is 4.79 Å². The van der Waals surface area contributed by atoms with Crippen LogP contribution in [0.3, 0.4) is 0 Å². The van der Waals surface area contributed by atoms with E-state index in [9.17, 15) is 4.79 Å². The Morgan fingerprint density at radius 1 is 1.27 bits per heavy atom. The van der Waals surface area contributed by atoms with E-state index in [0.717, 1.165) is 11.3 Å². The van der Waals surface area contributed by atoms with Crippen LogP contribution in [0.25, 0.3) is 5.69 Å². The van der Waals surface area contributed by atoms with Crippen LogP contribution in [0.15, 0.2) is 41.7 Å². The fraction of sp³-hybridized carbons (Fsp3) is 0.188. The summed E-state index contributed by atoms with van der Waals surface area (Å²) in [6.07, 6.45) is 1.42. The van der Waals surface area contributed by atoms with Crippen molar-refractivity contribution < 1.29 is 4.79 Å². The van der Waals surface area contributed by atoms with Crippen LogP contribution in [-0.4, -0.2) is 36.3 Å². The smallest absolute Gasteiger partial charge is 0.238 e. The van der Waals surface area contributed by atoms with Crippen LogP contribution in [0.5, 0.6) is 0 Å². The Balaban J connectivity index is 1.72. The van der Waals surface area contributed by atoms with E-state index in [1.54, 1.807) is 11.6 Å². The Morgan fingerprint density at radius 3 is 2.69 bits per heavy atom. The monoisotopic (exact) mass is 408 g/mol. The Morgan fingerprint density at radius 2 is 2.00 bits per heavy atom. The first-order chi connectivity index (χ1) is 12.4. The number of nitrogens with zero attached hydrogens (tertiary/aromatic N) is 5. The van der Waals surface area contributed by atoms with Gasteiger partial charge in [0.05, 0.1) is 21.0 Å². The Kier molecular flexibility index (Phi) is 5.75. The molecule has 1 aromatic carbocycles. The minimum Gasteiger partial charge on any atom is -0.308 e. The molecule has 26 heavy (non-hydrogen) atoms. The number of halogens is 2. The van der Waals surface area contributed by atoms with Crippen molar-refractivity contribution in [3.05, 3.63) is 52.1 Å². The predicted octanol–water partition coefficient (Wildman–Crippen LogP) is 3.79. The van der Waals surface area contributed by atoms with Crippen molar-refractivity contribution >= 4 is 46.7 Å². The second-order valence-corrected chi connectivity index (χ2v) is 7.59. The molecule has 2 heterocycles. The largest absolute Gasteiger partial charge is 0.308 e. The topological polar surface area (TPSA) is 85.6 Å². The van der Waals surface area contributed by atoms with Crippen molar-refractivity contribution in [3.8, 4) is 5.69 Å². The zero-order chi connectivity index (χ0) is 18.7. The van der Waals surface area contributed by atoms with Gasteiger partial charge in [0.2, 0.25) is 11.1 Å². The van der Waals surface area contributed by atoms with Gasteiger partial charge in [-0.3, -0.25) is 4.79 Å². The van der Waals surface area contributed by atoms with E-state index >= 15 is 0 Å². The Bertz CT molecular complexity index is 931. The van der Waals surface area contributed by atoms with Gasteiger partial charge in [0.15, 0.2) is 5.82 Å². The number of benzene rings is 1. The molecule has 0 saturated carbocycles. The van der Waals surface area contributed by atoms with Crippen molar-refractivity contribution in [1.82, 2.24) is 25.2 Å². The number of carbonyl (C=O) groups is 1. The Hall–Kier alpha value is -2.16. The fourth-order valence-electron chi connectivity index (χ4n) is 2.04. The quantitative estimate of drug-likeness (QED) is 0.646. The molecular weight excluding hydrogens is 395 g/mol. The maximum atomic E-state index is 12.4. The molecule has 0 unspecified atom stereocenters. The first-order valence-electron chi connectivity index (χ1n) is 7.58. The number of hydrogen-bond donors (Lipinski definition) is 1. The fourth-order valence-corrected chi connectivity index (χ4v) is 3.27. The summed E-state index contributed by atoms with van der Waals surface area (Å²) in [5, 5.41) is 15.1. The third-order valence-corrected chi connectivity index (χ3v) is 4.95. The number of tetrazole rings is 1. The zero-order valence-electron chi connectivity index (χ0n) is 13.8. The van der Waals surface area contributed by atoms with Gasteiger partial charge in [0, 0.05) is 6.20 Å². The van der Waals surface area contributed by atoms with Crippen LogP contribution in [0.4, 0.5) is 5.82 Å². The number of carbonyl (C=O) groups excluding carboxylic acids is 1. The van der Waals surface area contributed by atoms with Crippen molar-refractivity contribution in [2.24, 2.45) is 0 Å². The SMILES string of the molecule is Cc1ccc(-n2nnnc2S[C@H](C)C(=O)Nc2ncc(Cl)cc2Cl)cc1. The lowest BCUT2D eigenvalue weighted by molar-refractivity contribution is -0.115. The molecule has 0 radical (unpaired) electrons. The molecule has 1 amide bonds. The molecule has 2 aromatic heterocycles. The molecule has 3 rings (SSSR count). The molecule has 1 atom stereocenters. The van der Waals surface area contributed by atoms with Gasteiger partial charge in [-0.1, -0.05) is 52.7 Å². The van der Waals surface area contributed by atoms with Crippen molar-refractivity contribution in [1.29, 1.82) is 0 Å². The molecule has 0 fully saturated rings. The van der Waals surface area contributed by atoms with Crippen molar-refractivity contribution in [3.63, 3.8) is 0 Å². The van der Waals surface area contributed by atoms with Crippen LogP contribution in [0.2, 0.25) is 10.0 Å². The first kappa shape index (κ1) is 18.6. The van der Waals surface area contributed by atoms with E-state index in [1.807, 2.05) is 31.2 Å². The van der Waals surface area contributed by atoms with Gasteiger partial charge in [-0.2, -0.15) is 4.68 Å². The maximum absolute atomic E-state index is 12.4. The highest BCUT2D eigenvalue weighted by molar-refractivity contribution is 8.00. The Labute approximate surface area is 164 Å². The van der Waals surface area contributed by atoms with E-state index in [4.69, 9.17) is 23.2 Å². The van der Waals surface area contributed by atoms with Crippen LogP contribution >= 0.6 is 35.0 Å². The highest BCUT2D eigenvalue weighted by Gasteiger charge is 2.20. The third kappa shape index (κ3) is 4.32. The molecule has 0 aliphatic carbocycles. The molecule has 0 aliphatic heterocycles. The number of pyridine rings is 1. The standard InChI is InChI=1S/C16H14Cl2N6OS/c1-9-3-5-12(6-4-9)24-16(21-22-23-24)26-10(2)15(25)20-14-13(18)7-11(17)8-19-14/h3-8,10H,1-2H3,(H,19,20,25)/t10-/m1/s1. The van der Waals surface area contributed by atoms with Crippen LogP contribution in [0.1, 0.15) is 12.5 Å². The lowest BCUT2D eigenvalue weighted by atomic mass is 10.2. The second-order valence-electron chi connectivity index (χ2n) is 5.44. The van der Waals surface area contributed by atoms with Crippen molar-refractivity contribution in [2.75, 3.05) is 5.32 Å². The minimum atomic E-state index is -0.473. The number of aromatic nitrogens is 5. The lowest BCUT2D eigenvalue weighted by Gasteiger charge is -2.12. The summed E-state index contributed by atoms with van der Waals surface area (Å²) in [4.78, 5) is 16.4. The van der Waals surface area contributed by atoms with Gasteiger partial charge in [-0.25, -0.2) is 4.98 Å². The molecule has 134 valence electrons. The molecule has 0 saturated heterocycles. The summed E-state index contributed by atoms with van der Waals surface area (Å²) in [6, 6.07) is 9.28. The number of amides is 1. The molecule has 3 aromatic rings. The van der Waals surface area contributed by atoms with E-state index in [-0.39, 0.29) is 16.7 Å². The van der Waals surface area contributed by atoms with Gasteiger partial charge in [0.1, 0.15) is 0 Å². The van der Waals surface area contributed by atoms with E-state index in [2.05, 4.69) is 25.8 Å². The van der Waals surface area contributed by atoms with Crippen LogP contribution < -0.4 is 5.32 Å². The number of aryl methyl sites for hydroxylation is 1. The molecule has 1 N–H and O–H groups in total. The molecular formula is C16H14Cl2N6OS. The van der Waals surface area contributed by atoms with Gasteiger partial charge in [-0.15, -0.1) is 5.10 Å². The average Bonchev–Trinajstić information content (AvgIpc) is 3.06. The summed E-state index contributed by atoms with van der Waals surface area (Å²) >= 11 is 13.1. The summed E-state index contributed by atoms with van der Waals surface area (Å²) in [5.74, 6) is -0.0168. The molecule has 10 heteroatoms. The van der Waals surface area contributed by atoms with E-state index in [1.165, 1.54) is 24.0 Å². The summed E-state index contributed by atoms with van der Waals surface area (Å²) in [7, 11) is 0. The summed E-state index contributed by atoms with van der Waals surface area (Å²) < 4.78 is 1.58. The van der Waals surface area contributed by atoms with E-state index in [0.29, 0.717) is 10.2 Å². The summed E-state index contributed by atoms with van der Waals surface area (Å²) in [6.45, 7) is 3.75. The molecule has 0 spiro atoms. The molecule has 0 bridgehead atoms. The zero-order valence-corrected chi connectivity index (χ0v) is 16.2. The second kappa shape index (κ2) is 8.03. The number of thioether (sulfide) groups is 1. The van der Waals surface area contributed by atoms with Crippen molar-refractivity contribution in [2.45, 2.75) is 24.3 Å². The van der Waals surface area contributed by atoms with Gasteiger partial charge in [0.25, 0.3) is 0 Å². The van der Waals surface area contributed by atoms with E-state index < -0.39 is 5.25 Å². The predicted molar refractivity (Wildman–Crippen MR) is 102 cm³/mol. The average molecular weight is 409 g/mol. The maximum Gasteiger partial charge on any atom is 0.238 e. The number of anilines is 1. The minimum absolute atomic E-state index is 0.256. The number of hydrogen-bond acceptors (Lipinski definition) is 6. The number of nitrogens with one attached hydrogen (secondary N) is 1. The van der Waals surface area contributed by atoms with Gasteiger partial charge in [-0.05, 0) is 42.5 Å². The molecule has 0 aliphatic rings. The number of rotatable bonds is 5. The molecule has 7 nitrogen and oxygen atoms in total. The summed E-state index contributed by atoms with van der Waals surface area (Å²) in [5.41, 5.74) is 1.95. The highest BCUT2D eigenvalue weighted by atomic mass is 35.5.